The van der Waals surface area contributed by atoms with E-state index in [0.29, 0.717) is 24.7 Å². The molecule has 5 nitrogen and oxygen atoms in total. The van der Waals surface area contributed by atoms with Gasteiger partial charge in [-0.15, -0.1) is 0 Å². The first kappa shape index (κ1) is 39.6. The molecule has 1 saturated heterocycles. The van der Waals surface area contributed by atoms with Crippen molar-refractivity contribution in [3.63, 3.8) is 0 Å². The van der Waals surface area contributed by atoms with Gasteiger partial charge in [-0.05, 0) is 75.9 Å². The molecule has 1 atom stereocenters. The third kappa shape index (κ3) is 14.1. The Labute approximate surface area is 281 Å². The molecule has 5 rings (SSSR count). The zero-order chi connectivity index (χ0) is 31.2. The topological polar surface area (TPSA) is 65.0 Å². The fourth-order valence-corrected chi connectivity index (χ4v) is 4.02. The van der Waals surface area contributed by atoms with E-state index in [4.69, 9.17) is 14.2 Å². The molecule has 0 spiro atoms. The molecule has 4 aromatic carbocycles. The van der Waals surface area contributed by atoms with Crippen LogP contribution in [0.5, 0.6) is 11.5 Å². The van der Waals surface area contributed by atoms with Crippen LogP contribution in [-0.2, 0) is 18.0 Å². The molecule has 1 aliphatic heterocycles. The Morgan fingerprint density at radius 2 is 1.24 bits per heavy atom. The molecule has 3 radical (unpaired) electrons. The largest absolute Gasteiger partial charge is 1.00 e. The van der Waals surface area contributed by atoms with Crippen molar-refractivity contribution in [2.24, 2.45) is 0 Å². The summed E-state index contributed by atoms with van der Waals surface area (Å²) in [4.78, 5) is 11.1. The van der Waals surface area contributed by atoms with Crippen molar-refractivity contribution >= 4 is 14.2 Å². The number of hydrogen-bond acceptors (Lipinski definition) is 5. The Balaban J connectivity index is 0.000000722. The number of aryl methyl sites for hydroxylation is 2. The minimum Gasteiger partial charge on any atom is -1.00 e. The van der Waals surface area contributed by atoms with Gasteiger partial charge in [0, 0.05) is 39.3 Å². The van der Waals surface area contributed by atoms with E-state index in [-0.39, 0.29) is 45.6 Å². The zero-order valence-corrected chi connectivity index (χ0v) is 26.8. The van der Waals surface area contributed by atoms with Crippen molar-refractivity contribution in [3.8, 4) is 11.5 Å². The molecule has 1 N–H and O–H groups in total. The van der Waals surface area contributed by atoms with Crippen LogP contribution in [0.15, 0.2) is 84.9 Å². The van der Waals surface area contributed by atoms with E-state index < -0.39 is 17.7 Å². The Bertz CT molecular complexity index is 1440. The smallest absolute Gasteiger partial charge is 1.00 e. The summed E-state index contributed by atoms with van der Waals surface area (Å²) in [5.74, 6) is -0.404. The Hall–Kier alpha value is -3.41. The second-order valence-electron chi connectivity index (χ2n) is 10.4. The summed E-state index contributed by atoms with van der Waals surface area (Å²) >= 11 is 0. The molecular weight excluding hydrogens is 568 g/mol. The maximum absolute atomic E-state index is 13.6. The first-order valence-electron chi connectivity index (χ1n) is 14.3. The predicted molar refractivity (Wildman–Crippen MR) is 171 cm³/mol. The molecule has 45 heavy (non-hydrogen) atoms. The van der Waals surface area contributed by atoms with E-state index in [1.54, 1.807) is 18.2 Å². The second kappa shape index (κ2) is 20.6. The fourth-order valence-electron chi connectivity index (χ4n) is 4.02. The van der Waals surface area contributed by atoms with Crippen LogP contribution in [0.3, 0.4) is 0 Å². The van der Waals surface area contributed by atoms with Crippen molar-refractivity contribution < 1.29 is 53.2 Å². The summed E-state index contributed by atoms with van der Waals surface area (Å²) in [5.41, 5.74) is 4.79. The molecule has 0 aromatic heterocycles. The fraction of sp³-hybridized carbons (Fsp3) is 0.306. The van der Waals surface area contributed by atoms with Gasteiger partial charge in [-0.1, -0.05) is 59.7 Å². The van der Waals surface area contributed by atoms with Gasteiger partial charge in [0.05, 0.1) is 11.7 Å². The minimum atomic E-state index is -0.814. The van der Waals surface area contributed by atoms with E-state index in [0.717, 1.165) is 24.3 Å². The number of ether oxygens (including phenoxy) is 3. The SMILES string of the molecule is C1CCOC1.CC(=O)c1ccc(OCc2ccc(C)cc2)cc1F.Cc1ccc(COc2ccc(C(C)O)c(F)c2)cc1.[B].[H-].[Li+]. The van der Waals surface area contributed by atoms with Crippen molar-refractivity contribution in [3.05, 3.63) is 130 Å². The third-order valence-corrected chi connectivity index (χ3v) is 6.62. The molecule has 4 aromatic rings. The van der Waals surface area contributed by atoms with Gasteiger partial charge in [0.25, 0.3) is 0 Å². The summed E-state index contributed by atoms with van der Waals surface area (Å²) in [5, 5.41) is 9.35. The van der Waals surface area contributed by atoms with Crippen molar-refractivity contribution in [1.82, 2.24) is 0 Å². The Kier molecular flexibility index (Phi) is 18.1. The number of benzene rings is 4. The standard InChI is InChI=1S/C16H17FO2.C16H15FO2.C4H8O.B.Li.H/c2*1-11-3-5-13(6-4-11)10-19-14-7-8-15(12(2)18)16(17)9-14;1-2-4-5-3-1;;;/h3-9,12,18H,10H2,1-2H3;3-9H,10H2,1-2H3;1-4H2;;;/q;;;;+1;-1. The van der Waals surface area contributed by atoms with Crippen LogP contribution >= 0.6 is 0 Å². The van der Waals surface area contributed by atoms with Gasteiger partial charge in [0.1, 0.15) is 36.3 Å². The van der Waals surface area contributed by atoms with Crippen LogP contribution in [0, 0.1) is 25.5 Å². The van der Waals surface area contributed by atoms with Crippen LogP contribution in [0.25, 0.3) is 0 Å². The van der Waals surface area contributed by atoms with Gasteiger partial charge in [0.2, 0.25) is 0 Å². The first-order valence-corrected chi connectivity index (χ1v) is 14.3. The van der Waals surface area contributed by atoms with E-state index in [9.17, 15) is 18.7 Å². The molecule has 0 bridgehead atoms. The van der Waals surface area contributed by atoms with Gasteiger partial charge < -0.3 is 20.7 Å². The monoisotopic (exact) mass is 609 g/mol. The summed E-state index contributed by atoms with van der Waals surface area (Å²) < 4.78 is 43.2. The molecule has 233 valence electrons. The number of halogens is 2. The zero-order valence-electron chi connectivity index (χ0n) is 27.8. The number of ketones is 1. The molecule has 1 aliphatic rings. The minimum absolute atomic E-state index is 0. The van der Waals surface area contributed by atoms with E-state index in [2.05, 4.69) is 0 Å². The van der Waals surface area contributed by atoms with Gasteiger partial charge in [0.15, 0.2) is 5.78 Å². The predicted octanol–water partition coefficient (Wildman–Crippen LogP) is 5.21. The maximum atomic E-state index is 13.6. The van der Waals surface area contributed by atoms with Gasteiger partial charge in [-0.3, -0.25) is 4.79 Å². The molecule has 9 heteroatoms. The summed E-state index contributed by atoms with van der Waals surface area (Å²) in [6, 6.07) is 24.7. The normalized spacial score (nSPS) is 12.2. The number of rotatable bonds is 8. The molecule has 0 aliphatic carbocycles. The second-order valence-corrected chi connectivity index (χ2v) is 10.4. The quantitative estimate of drug-likeness (QED) is 0.220. The summed E-state index contributed by atoms with van der Waals surface area (Å²) in [7, 11) is 0. The first-order chi connectivity index (χ1) is 20.6. The average Bonchev–Trinajstić information content (AvgIpc) is 3.57. The van der Waals surface area contributed by atoms with Crippen LogP contribution in [0.1, 0.15) is 72.4 Å². The number of Topliss-reactive ketones (excluding diaryl/α,β-unsaturated/α-hetero) is 1. The van der Waals surface area contributed by atoms with Crippen LogP contribution in [0.2, 0.25) is 0 Å². The number of hydrogen-bond donors (Lipinski definition) is 1. The molecule has 1 unspecified atom stereocenters. The average molecular weight is 609 g/mol. The van der Waals surface area contributed by atoms with Crippen LogP contribution < -0.4 is 28.3 Å². The van der Waals surface area contributed by atoms with E-state index in [1.165, 1.54) is 56.0 Å². The molecule has 1 heterocycles. The number of carbonyl (C=O) groups excluding carboxylic acids is 1. The summed E-state index contributed by atoms with van der Waals surface area (Å²) in [6.07, 6.45) is 1.74. The molecular formula is C36H41BF2LiO5. The molecule has 1 fully saturated rings. The van der Waals surface area contributed by atoms with E-state index in [1.807, 2.05) is 62.4 Å². The molecule has 0 amide bonds. The van der Waals surface area contributed by atoms with Gasteiger partial charge in [-0.25, -0.2) is 8.78 Å². The van der Waals surface area contributed by atoms with E-state index >= 15 is 0 Å². The Morgan fingerprint density at radius 3 is 1.60 bits per heavy atom. The number of aliphatic hydroxyl groups excluding tert-OH is 1. The van der Waals surface area contributed by atoms with Crippen LogP contribution in [-0.4, -0.2) is 32.5 Å². The van der Waals surface area contributed by atoms with Crippen molar-refractivity contribution in [2.75, 3.05) is 13.2 Å². The maximum Gasteiger partial charge on any atom is 1.00 e. The van der Waals surface area contributed by atoms with Crippen molar-refractivity contribution in [1.29, 1.82) is 0 Å². The Morgan fingerprint density at radius 1 is 0.800 bits per heavy atom. The summed E-state index contributed by atoms with van der Waals surface area (Å²) in [6.45, 7) is 9.68. The third-order valence-electron chi connectivity index (χ3n) is 6.62. The number of carbonyl (C=O) groups is 1. The van der Waals surface area contributed by atoms with Crippen LogP contribution in [0.4, 0.5) is 8.78 Å². The number of aliphatic hydroxyl groups is 1. The van der Waals surface area contributed by atoms with Crippen molar-refractivity contribution in [2.45, 2.75) is 59.9 Å². The van der Waals surface area contributed by atoms with Gasteiger partial charge >= 0.3 is 18.9 Å². The molecule has 0 saturated carbocycles. The van der Waals surface area contributed by atoms with Gasteiger partial charge in [-0.2, -0.15) is 0 Å².